The molecule has 0 aliphatic carbocycles. The van der Waals surface area contributed by atoms with E-state index in [1.165, 1.54) is 37.4 Å². The fourth-order valence-electron chi connectivity index (χ4n) is 6.42. The standard InChI is InChI=1S/C34H42O21.ClH/c1-48-17-4-11(2-3-14(17)39)30-18(7-13-15(49-30)5-12(38)6-16(13)50-32-28(46)25(43)22(40)19(8-35)52-32)51-34-31(27(45)24(42)21(10-37)54-34)55-33-29(47)26(44)23(41)20(9-36)53-33;/h2-7,19-29,31-37,40-47H,8-10H2,1H3,(H-,38,39);1H/t19-,20-,21-,22-,23-,24-,25+,26+,27+,28-,29-,31-,32-,33+,34-;/m1./s1. The Hall–Kier alpha value is -3.46. The van der Waals surface area contributed by atoms with Gasteiger partial charge in [-0.25, -0.2) is 4.42 Å². The predicted molar refractivity (Wildman–Crippen MR) is 177 cm³/mol. The van der Waals surface area contributed by atoms with Crippen molar-refractivity contribution < 1.29 is 116 Å². The van der Waals surface area contributed by atoms with Crippen LogP contribution in [0.3, 0.4) is 0 Å². The van der Waals surface area contributed by atoms with Gasteiger partial charge in [-0.3, -0.25) is 0 Å². The fraction of sp³-hybridized carbons (Fsp3) is 0.559. The van der Waals surface area contributed by atoms with Crippen LogP contribution in [0.2, 0.25) is 0 Å². The normalized spacial score (nSPS) is 36.1. The van der Waals surface area contributed by atoms with Gasteiger partial charge in [-0.2, -0.15) is 0 Å². The average molecular weight is 823 g/mol. The zero-order valence-electron chi connectivity index (χ0n) is 29.2. The van der Waals surface area contributed by atoms with Gasteiger partial charge in [-0.15, -0.1) is 0 Å². The summed E-state index contributed by atoms with van der Waals surface area (Å²) in [6, 6.07) is 7.52. The summed E-state index contributed by atoms with van der Waals surface area (Å²) in [7, 11) is 1.28. The molecule has 3 fully saturated rings. The third kappa shape index (κ3) is 8.40. The molecule has 3 aromatic rings. The lowest BCUT2D eigenvalue weighted by Gasteiger charge is -2.45. The number of hydrogen-bond donors (Lipinski definition) is 13. The van der Waals surface area contributed by atoms with E-state index in [0.717, 1.165) is 6.07 Å². The van der Waals surface area contributed by atoms with Crippen molar-refractivity contribution in [3.63, 3.8) is 0 Å². The molecule has 0 unspecified atom stereocenters. The highest BCUT2D eigenvalue weighted by atomic mass is 35.5. The number of aliphatic hydroxyl groups excluding tert-OH is 11. The molecule has 3 saturated heterocycles. The molecule has 4 heterocycles. The number of benzene rings is 2. The third-order valence-corrected chi connectivity index (χ3v) is 9.54. The number of ether oxygens (including phenoxy) is 7. The minimum absolute atomic E-state index is 0. The first-order valence-corrected chi connectivity index (χ1v) is 16.9. The van der Waals surface area contributed by atoms with Crippen molar-refractivity contribution in [2.45, 2.75) is 92.1 Å². The minimum atomic E-state index is -1.95. The lowest BCUT2D eigenvalue weighted by molar-refractivity contribution is -0.357. The monoisotopic (exact) mass is 822 g/mol. The van der Waals surface area contributed by atoms with Crippen molar-refractivity contribution in [3.05, 3.63) is 36.4 Å². The van der Waals surface area contributed by atoms with E-state index >= 15 is 0 Å². The molecule has 312 valence electrons. The maximum absolute atomic E-state index is 11.2. The molecule has 3 aliphatic heterocycles. The van der Waals surface area contributed by atoms with E-state index in [4.69, 9.17) is 37.6 Å². The Morgan fingerprint density at radius 3 is 1.71 bits per heavy atom. The summed E-state index contributed by atoms with van der Waals surface area (Å²) in [5, 5.41) is 135. The predicted octanol–water partition coefficient (Wildman–Crippen LogP) is -7.01. The van der Waals surface area contributed by atoms with E-state index in [9.17, 15) is 66.4 Å². The van der Waals surface area contributed by atoms with Crippen molar-refractivity contribution in [1.82, 2.24) is 0 Å². The van der Waals surface area contributed by atoms with Crippen LogP contribution in [-0.2, 0) is 18.9 Å². The van der Waals surface area contributed by atoms with E-state index in [0.29, 0.717) is 0 Å². The molecule has 2 aromatic carbocycles. The van der Waals surface area contributed by atoms with Crippen LogP contribution < -0.4 is 26.6 Å². The Morgan fingerprint density at radius 2 is 1.12 bits per heavy atom. The van der Waals surface area contributed by atoms with Crippen LogP contribution in [0.1, 0.15) is 0 Å². The van der Waals surface area contributed by atoms with E-state index < -0.39 is 118 Å². The summed E-state index contributed by atoms with van der Waals surface area (Å²) in [5.74, 6) is -1.40. The first kappa shape index (κ1) is 43.7. The SMILES string of the molecule is COc1cc(-c2[o+]c3cc(O)cc(O[C@@H]4O[C@H](CO)[C@@H](O)[C@H](O)[C@H]4O)c3cc2O[C@@H]2O[C@H](CO)[C@@H](O)[C@H](O)[C@H]2O[C@@H]2O[C@H](CO)[C@@H](O)[C@H](O)[C@H]2O)ccc1O.[Cl-]. The lowest BCUT2D eigenvalue weighted by Crippen LogP contribution is -3.00. The van der Waals surface area contributed by atoms with Crippen LogP contribution in [0.25, 0.3) is 22.3 Å². The van der Waals surface area contributed by atoms with Crippen LogP contribution in [0.5, 0.6) is 28.7 Å². The molecule has 6 rings (SSSR count). The Balaban J connectivity index is 0.00000600. The van der Waals surface area contributed by atoms with Gasteiger partial charge < -0.3 is 112 Å². The van der Waals surface area contributed by atoms with Crippen molar-refractivity contribution in [2.24, 2.45) is 0 Å². The number of phenolic OH excluding ortho intramolecular Hbond substituents is 2. The Morgan fingerprint density at radius 1 is 0.589 bits per heavy atom. The molecule has 0 saturated carbocycles. The molecule has 21 nitrogen and oxygen atoms in total. The van der Waals surface area contributed by atoms with Gasteiger partial charge in [-0.1, -0.05) is 0 Å². The molecule has 3 aliphatic rings. The van der Waals surface area contributed by atoms with Crippen LogP contribution in [-0.4, -0.2) is 185 Å². The second-order valence-electron chi connectivity index (χ2n) is 13.1. The average Bonchev–Trinajstić information content (AvgIpc) is 3.17. The van der Waals surface area contributed by atoms with Crippen LogP contribution >= 0.6 is 0 Å². The number of halogens is 1. The van der Waals surface area contributed by atoms with Gasteiger partial charge >= 0.3 is 11.3 Å². The van der Waals surface area contributed by atoms with E-state index in [1.807, 2.05) is 0 Å². The molecule has 0 radical (unpaired) electrons. The molecule has 0 amide bonds. The molecular formula is C34H43ClO21. The van der Waals surface area contributed by atoms with Crippen molar-refractivity contribution in [1.29, 1.82) is 0 Å². The molecule has 22 heteroatoms. The summed E-state index contributed by atoms with van der Waals surface area (Å²) in [6.45, 7) is -2.42. The van der Waals surface area contributed by atoms with Gasteiger partial charge in [0.25, 0.3) is 0 Å². The summed E-state index contributed by atoms with van der Waals surface area (Å²) < 4.78 is 46.0. The maximum Gasteiger partial charge on any atom is 0.402 e. The van der Waals surface area contributed by atoms with Gasteiger partial charge in [0.15, 0.2) is 23.9 Å². The molecule has 56 heavy (non-hydrogen) atoms. The largest absolute Gasteiger partial charge is 1.00 e. The fourth-order valence-corrected chi connectivity index (χ4v) is 6.42. The Labute approximate surface area is 322 Å². The minimum Gasteiger partial charge on any atom is -1.00 e. The molecule has 13 N–H and O–H groups in total. The van der Waals surface area contributed by atoms with Crippen LogP contribution in [0, 0.1) is 0 Å². The molecule has 15 atom stereocenters. The van der Waals surface area contributed by atoms with Crippen molar-refractivity contribution in [3.8, 4) is 40.1 Å². The highest BCUT2D eigenvalue weighted by Gasteiger charge is 2.52. The first-order chi connectivity index (χ1) is 26.2. The van der Waals surface area contributed by atoms with Gasteiger partial charge in [0.1, 0.15) is 84.0 Å². The maximum atomic E-state index is 11.2. The van der Waals surface area contributed by atoms with Gasteiger partial charge in [-0.05, 0) is 12.1 Å². The number of phenols is 2. The third-order valence-electron chi connectivity index (χ3n) is 9.54. The quantitative estimate of drug-likeness (QED) is 0.0799. The molecule has 0 spiro atoms. The smallest absolute Gasteiger partial charge is 0.402 e. The molecule has 1 aromatic heterocycles. The summed E-state index contributed by atoms with van der Waals surface area (Å²) >= 11 is 0. The number of rotatable bonds is 11. The van der Waals surface area contributed by atoms with Crippen LogP contribution in [0.15, 0.2) is 40.8 Å². The number of fused-ring (bicyclic) bond motifs is 1. The van der Waals surface area contributed by atoms with Crippen molar-refractivity contribution in [2.75, 3.05) is 26.9 Å². The highest BCUT2D eigenvalue weighted by Crippen LogP contribution is 2.44. The summed E-state index contributed by atoms with van der Waals surface area (Å²) in [6.07, 6.45) is -26.2. The zero-order chi connectivity index (χ0) is 39.9. The zero-order valence-corrected chi connectivity index (χ0v) is 30.0. The Bertz CT molecular complexity index is 1780. The van der Waals surface area contributed by atoms with Gasteiger partial charge in [0.05, 0.1) is 38.6 Å². The first-order valence-electron chi connectivity index (χ1n) is 16.9. The van der Waals surface area contributed by atoms with Crippen molar-refractivity contribution >= 4 is 11.0 Å². The second-order valence-corrected chi connectivity index (χ2v) is 13.1. The van der Waals surface area contributed by atoms with Gasteiger partial charge in [0, 0.05) is 18.2 Å². The summed E-state index contributed by atoms with van der Waals surface area (Å²) in [4.78, 5) is 0. The van der Waals surface area contributed by atoms with E-state index in [-0.39, 0.29) is 57.7 Å². The topological polar surface area (TPSA) is 339 Å². The highest BCUT2D eigenvalue weighted by molar-refractivity contribution is 5.89. The second kappa shape index (κ2) is 18.0. The summed E-state index contributed by atoms with van der Waals surface area (Å²) in [5.41, 5.74) is 0.0733. The van der Waals surface area contributed by atoms with E-state index in [2.05, 4.69) is 0 Å². The Kier molecular flexibility index (Phi) is 14.0. The number of aliphatic hydroxyl groups is 11. The number of hydrogen-bond acceptors (Lipinski definition) is 20. The molecular weight excluding hydrogens is 780 g/mol. The lowest BCUT2D eigenvalue weighted by atomic mass is 9.97. The number of methoxy groups -OCH3 is 1. The van der Waals surface area contributed by atoms with Crippen LogP contribution in [0.4, 0.5) is 0 Å². The van der Waals surface area contributed by atoms with E-state index in [1.54, 1.807) is 0 Å². The number of aromatic hydroxyl groups is 2. The van der Waals surface area contributed by atoms with Gasteiger partial charge in [0.2, 0.25) is 18.3 Å². The molecule has 0 bridgehead atoms.